The summed E-state index contributed by atoms with van der Waals surface area (Å²) in [6, 6.07) is 18.2. The molecule has 1 fully saturated rings. The zero-order valence-electron chi connectivity index (χ0n) is 12.9. The summed E-state index contributed by atoms with van der Waals surface area (Å²) in [6.45, 7) is 5.01. The molecule has 1 saturated heterocycles. The highest BCUT2D eigenvalue weighted by atomic mass is 16.5. The van der Waals surface area contributed by atoms with E-state index in [1.54, 1.807) is 11.0 Å². The van der Waals surface area contributed by atoms with Crippen molar-refractivity contribution in [2.75, 3.05) is 32.8 Å². The molecule has 0 aromatic heterocycles. The zero-order chi connectivity index (χ0) is 15.2. The second-order valence-corrected chi connectivity index (χ2v) is 5.92. The standard InChI is InChI=1S/C19H23NO2/c21-19-9-5-4-8-18(19)17(16-6-2-1-3-7-16)10-11-20-12-14-22-15-13-20/h1-9,17,21H,10-15H2/p+1. The van der Waals surface area contributed by atoms with Crippen LogP contribution in [0.4, 0.5) is 0 Å². The highest BCUT2D eigenvalue weighted by Crippen LogP contribution is 2.33. The molecule has 22 heavy (non-hydrogen) atoms. The van der Waals surface area contributed by atoms with Gasteiger partial charge in [-0.05, 0) is 11.6 Å². The summed E-state index contributed by atoms with van der Waals surface area (Å²) in [5, 5.41) is 10.3. The van der Waals surface area contributed by atoms with Crippen molar-refractivity contribution in [1.82, 2.24) is 0 Å². The molecule has 1 heterocycles. The molecule has 1 atom stereocenters. The monoisotopic (exact) mass is 298 g/mol. The van der Waals surface area contributed by atoms with Crippen LogP contribution in [0.1, 0.15) is 23.5 Å². The molecule has 3 nitrogen and oxygen atoms in total. The van der Waals surface area contributed by atoms with Gasteiger partial charge in [-0.2, -0.15) is 0 Å². The number of hydrogen-bond donors (Lipinski definition) is 2. The molecular weight excluding hydrogens is 274 g/mol. The first-order chi connectivity index (χ1) is 10.8. The maximum Gasteiger partial charge on any atom is 0.119 e. The number of hydrogen-bond acceptors (Lipinski definition) is 2. The van der Waals surface area contributed by atoms with Crippen molar-refractivity contribution in [3.63, 3.8) is 0 Å². The van der Waals surface area contributed by atoms with Crippen LogP contribution in [0, 0.1) is 0 Å². The van der Waals surface area contributed by atoms with Gasteiger partial charge in [0.05, 0.1) is 19.8 Å². The third-order valence-corrected chi connectivity index (χ3v) is 4.50. The van der Waals surface area contributed by atoms with E-state index >= 15 is 0 Å². The largest absolute Gasteiger partial charge is 0.508 e. The number of nitrogens with one attached hydrogen (secondary N) is 1. The van der Waals surface area contributed by atoms with Crippen LogP contribution < -0.4 is 4.90 Å². The van der Waals surface area contributed by atoms with Crippen LogP contribution in [0.5, 0.6) is 5.75 Å². The molecular formula is C19H24NO2+. The lowest BCUT2D eigenvalue weighted by Crippen LogP contribution is -3.14. The van der Waals surface area contributed by atoms with Crippen molar-refractivity contribution < 1.29 is 14.7 Å². The molecule has 116 valence electrons. The van der Waals surface area contributed by atoms with Gasteiger partial charge in [0.2, 0.25) is 0 Å². The van der Waals surface area contributed by atoms with E-state index in [9.17, 15) is 5.11 Å². The summed E-state index contributed by atoms with van der Waals surface area (Å²) < 4.78 is 5.43. The average Bonchev–Trinajstić information content (AvgIpc) is 2.58. The summed E-state index contributed by atoms with van der Waals surface area (Å²) in [7, 11) is 0. The Balaban J connectivity index is 1.79. The zero-order valence-corrected chi connectivity index (χ0v) is 12.9. The summed E-state index contributed by atoms with van der Waals surface area (Å²) in [4.78, 5) is 1.60. The van der Waals surface area contributed by atoms with Crippen molar-refractivity contribution in [2.45, 2.75) is 12.3 Å². The Morgan fingerprint density at radius 3 is 2.36 bits per heavy atom. The lowest BCUT2D eigenvalue weighted by Gasteiger charge is -2.26. The van der Waals surface area contributed by atoms with E-state index in [1.807, 2.05) is 24.3 Å². The molecule has 0 amide bonds. The number of benzene rings is 2. The topological polar surface area (TPSA) is 33.9 Å². The smallest absolute Gasteiger partial charge is 0.119 e. The van der Waals surface area contributed by atoms with Crippen molar-refractivity contribution in [1.29, 1.82) is 0 Å². The SMILES string of the molecule is Oc1ccccc1C(CC[NH+]1CCOCC1)c1ccccc1. The van der Waals surface area contributed by atoms with Gasteiger partial charge < -0.3 is 14.7 Å². The summed E-state index contributed by atoms with van der Waals surface area (Å²) in [5.41, 5.74) is 2.30. The lowest BCUT2D eigenvalue weighted by atomic mass is 9.88. The number of phenols is 1. The number of para-hydroxylation sites is 1. The molecule has 2 aromatic carbocycles. The van der Waals surface area contributed by atoms with Crippen LogP contribution in [0.3, 0.4) is 0 Å². The predicted octanol–water partition coefficient (Wildman–Crippen LogP) is 1.83. The number of rotatable bonds is 5. The van der Waals surface area contributed by atoms with E-state index in [2.05, 4.69) is 24.3 Å². The van der Waals surface area contributed by atoms with Gasteiger partial charge in [-0.3, -0.25) is 0 Å². The number of aromatic hydroxyl groups is 1. The third kappa shape index (κ3) is 3.67. The summed E-state index contributed by atoms with van der Waals surface area (Å²) >= 11 is 0. The Labute approximate surface area is 132 Å². The third-order valence-electron chi connectivity index (χ3n) is 4.50. The average molecular weight is 298 g/mol. The highest BCUT2D eigenvalue weighted by molar-refractivity contribution is 5.41. The van der Waals surface area contributed by atoms with E-state index in [4.69, 9.17) is 4.74 Å². The van der Waals surface area contributed by atoms with Crippen LogP contribution in [-0.4, -0.2) is 38.0 Å². The number of phenolic OH excluding ortho intramolecular Hbond substituents is 1. The Morgan fingerprint density at radius 2 is 1.64 bits per heavy atom. The van der Waals surface area contributed by atoms with Crippen LogP contribution in [-0.2, 0) is 4.74 Å². The number of quaternary nitrogens is 1. The molecule has 0 aliphatic carbocycles. The maximum absolute atomic E-state index is 10.3. The van der Waals surface area contributed by atoms with Crippen molar-refractivity contribution in [2.24, 2.45) is 0 Å². The van der Waals surface area contributed by atoms with Gasteiger partial charge in [0.15, 0.2) is 0 Å². The van der Waals surface area contributed by atoms with Crippen molar-refractivity contribution >= 4 is 0 Å². The van der Waals surface area contributed by atoms with E-state index in [-0.39, 0.29) is 5.92 Å². The van der Waals surface area contributed by atoms with Crippen LogP contribution in [0.25, 0.3) is 0 Å². The number of morpholine rings is 1. The Morgan fingerprint density at radius 1 is 0.955 bits per heavy atom. The molecule has 2 aromatic rings. The van der Waals surface area contributed by atoms with Crippen LogP contribution in [0.15, 0.2) is 54.6 Å². The molecule has 1 aliphatic heterocycles. The molecule has 0 spiro atoms. The predicted molar refractivity (Wildman–Crippen MR) is 87.4 cm³/mol. The fraction of sp³-hybridized carbons (Fsp3) is 0.368. The van der Waals surface area contributed by atoms with Gasteiger partial charge in [0.25, 0.3) is 0 Å². The first kappa shape index (κ1) is 15.1. The molecule has 0 radical (unpaired) electrons. The fourth-order valence-corrected chi connectivity index (χ4v) is 3.23. The minimum absolute atomic E-state index is 0.248. The van der Waals surface area contributed by atoms with Gasteiger partial charge in [-0.1, -0.05) is 48.5 Å². The van der Waals surface area contributed by atoms with Crippen LogP contribution >= 0.6 is 0 Å². The maximum atomic E-state index is 10.3. The molecule has 3 heteroatoms. The second-order valence-electron chi connectivity index (χ2n) is 5.92. The molecule has 0 saturated carbocycles. The van der Waals surface area contributed by atoms with Gasteiger partial charge >= 0.3 is 0 Å². The number of ether oxygens (including phenoxy) is 1. The first-order valence-electron chi connectivity index (χ1n) is 8.09. The fourth-order valence-electron chi connectivity index (χ4n) is 3.23. The summed E-state index contributed by atoms with van der Waals surface area (Å²) in [6.07, 6.45) is 1.04. The van der Waals surface area contributed by atoms with Gasteiger partial charge in [-0.25, -0.2) is 0 Å². The Hall–Kier alpha value is -1.84. The first-order valence-corrected chi connectivity index (χ1v) is 8.09. The van der Waals surface area contributed by atoms with Gasteiger partial charge in [0.1, 0.15) is 18.8 Å². The lowest BCUT2D eigenvalue weighted by molar-refractivity contribution is -0.908. The quantitative estimate of drug-likeness (QED) is 0.883. The molecule has 0 bridgehead atoms. The van der Waals surface area contributed by atoms with Gasteiger partial charge in [-0.15, -0.1) is 0 Å². The Bertz CT molecular complexity index is 579. The second kappa shape index (κ2) is 7.43. The Kier molecular flexibility index (Phi) is 5.09. The normalized spacial score (nSPS) is 17.3. The molecule has 1 aliphatic rings. The molecule has 2 N–H and O–H groups in total. The van der Waals surface area contributed by atoms with Gasteiger partial charge in [0, 0.05) is 17.9 Å². The van der Waals surface area contributed by atoms with E-state index in [1.165, 1.54) is 5.56 Å². The summed E-state index contributed by atoms with van der Waals surface area (Å²) in [5.74, 6) is 0.645. The van der Waals surface area contributed by atoms with E-state index in [0.717, 1.165) is 44.8 Å². The van der Waals surface area contributed by atoms with Crippen LogP contribution in [0.2, 0.25) is 0 Å². The van der Waals surface area contributed by atoms with E-state index in [0.29, 0.717) is 5.75 Å². The van der Waals surface area contributed by atoms with Crippen molar-refractivity contribution in [3.05, 3.63) is 65.7 Å². The highest BCUT2D eigenvalue weighted by Gasteiger charge is 2.21. The molecule has 1 unspecified atom stereocenters. The minimum Gasteiger partial charge on any atom is -0.508 e. The van der Waals surface area contributed by atoms with Crippen molar-refractivity contribution in [3.8, 4) is 5.75 Å². The minimum atomic E-state index is 0.248. The van der Waals surface area contributed by atoms with E-state index < -0.39 is 0 Å². The molecule has 3 rings (SSSR count).